The van der Waals surface area contributed by atoms with Gasteiger partial charge in [0.1, 0.15) is 0 Å². The van der Waals surface area contributed by atoms with Gasteiger partial charge in [-0.3, -0.25) is 0 Å². The monoisotopic (exact) mass is 222 g/mol. The molecule has 3 aromatic rings. The lowest BCUT2D eigenvalue weighted by atomic mass is 10.1. The van der Waals surface area contributed by atoms with E-state index in [0.29, 0.717) is 6.54 Å². The van der Waals surface area contributed by atoms with Gasteiger partial charge in [0.05, 0.1) is 0 Å². The van der Waals surface area contributed by atoms with Crippen molar-refractivity contribution in [3.05, 3.63) is 54.1 Å². The zero-order valence-corrected chi connectivity index (χ0v) is 9.48. The number of para-hydroxylation sites is 1. The Hall–Kier alpha value is -2.06. The normalized spacial score (nSPS) is 11.8. The second kappa shape index (κ2) is 4.07. The van der Waals surface area contributed by atoms with Gasteiger partial charge in [-0.05, 0) is 17.7 Å². The van der Waals surface area contributed by atoms with Crippen LogP contribution >= 0.6 is 0 Å². The lowest BCUT2D eigenvalue weighted by Crippen LogP contribution is -1.91. The average Bonchev–Trinajstić information content (AvgIpc) is 2.74. The van der Waals surface area contributed by atoms with Gasteiger partial charge in [-0.2, -0.15) is 0 Å². The van der Waals surface area contributed by atoms with Crippen LogP contribution in [0.15, 0.2) is 48.5 Å². The number of fused-ring (bicyclic) bond motifs is 3. The fourth-order valence-corrected chi connectivity index (χ4v) is 2.18. The van der Waals surface area contributed by atoms with Crippen molar-refractivity contribution >= 4 is 27.9 Å². The van der Waals surface area contributed by atoms with Gasteiger partial charge in [0.2, 0.25) is 0 Å². The third-order valence-corrected chi connectivity index (χ3v) is 2.98. The number of nitrogens with one attached hydrogen (secondary N) is 1. The van der Waals surface area contributed by atoms with E-state index in [-0.39, 0.29) is 0 Å². The minimum absolute atomic E-state index is 0.574. The topological polar surface area (TPSA) is 41.8 Å². The minimum Gasteiger partial charge on any atom is -0.354 e. The van der Waals surface area contributed by atoms with Crippen LogP contribution in [0.1, 0.15) is 5.56 Å². The fraction of sp³-hybridized carbons (Fsp3) is 0.0667. The van der Waals surface area contributed by atoms with Crippen LogP contribution in [-0.2, 0) is 0 Å². The minimum atomic E-state index is 0.574. The summed E-state index contributed by atoms with van der Waals surface area (Å²) in [5.74, 6) is 0. The quantitative estimate of drug-likeness (QED) is 0.686. The van der Waals surface area contributed by atoms with Crippen LogP contribution in [-0.4, -0.2) is 11.5 Å². The summed E-state index contributed by atoms with van der Waals surface area (Å²) in [5.41, 5.74) is 8.99. The second-order valence-electron chi connectivity index (χ2n) is 4.11. The first-order valence-corrected chi connectivity index (χ1v) is 5.75. The Morgan fingerprint density at radius 2 is 1.82 bits per heavy atom. The van der Waals surface area contributed by atoms with Gasteiger partial charge < -0.3 is 10.7 Å². The number of aromatic nitrogens is 1. The predicted molar refractivity (Wildman–Crippen MR) is 73.9 cm³/mol. The third-order valence-electron chi connectivity index (χ3n) is 2.98. The van der Waals surface area contributed by atoms with Gasteiger partial charge in [0.15, 0.2) is 0 Å². The van der Waals surface area contributed by atoms with Gasteiger partial charge in [0, 0.05) is 28.4 Å². The van der Waals surface area contributed by atoms with E-state index in [2.05, 4.69) is 41.4 Å². The van der Waals surface area contributed by atoms with Crippen molar-refractivity contribution in [2.75, 3.05) is 6.54 Å². The van der Waals surface area contributed by atoms with E-state index in [0.717, 1.165) is 0 Å². The first kappa shape index (κ1) is 10.1. The lowest BCUT2D eigenvalue weighted by molar-refractivity contribution is 1.26. The molecule has 0 atom stereocenters. The molecule has 0 radical (unpaired) electrons. The molecular weight excluding hydrogens is 208 g/mol. The zero-order chi connectivity index (χ0) is 11.7. The van der Waals surface area contributed by atoms with Crippen molar-refractivity contribution in [3.63, 3.8) is 0 Å². The van der Waals surface area contributed by atoms with Crippen LogP contribution in [0.3, 0.4) is 0 Å². The van der Waals surface area contributed by atoms with E-state index in [4.69, 9.17) is 5.73 Å². The highest BCUT2D eigenvalue weighted by Crippen LogP contribution is 2.25. The highest BCUT2D eigenvalue weighted by Gasteiger charge is 2.02. The maximum atomic E-state index is 5.46. The van der Waals surface area contributed by atoms with Gasteiger partial charge in [-0.15, -0.1) is 0 Å². The summed E-state index contributed by atoms with van der Waals surface area (Å²) in [7, 11) is 0. The highest BCUT2D eigenvalue weighted by molar-refractivity contribution is 6.07. The fourth-order valence-electron chi connectivity index (χ4n) is 2.18. The maximum Gasteiger partial charge on any atom is 0.0470 e. The van der Waals surface area contributed by atoms with Gasteiger partial charge in [0.25, 0.3) is 0 Å². The van der Waals surface area contributed by atoms with E-state index in [1.165, 1.54) is 27.4 Å². The molecule has 0 fully saturated rings. The molecule has 0 amide bonds. The van der Waals surface area contributed by atoms with Crippen LogP contribution in [0.5, 0.6) is 0 Å². The van der Waals surface area contributed by atoms with Gasteiger partial charge >= 0.3 is 0 Å². The number of hydrogen-bond acceptors (Lipinski definition) is 1. The van der Waals surface area contributed by atoms with Crippen LogP contribution < -0.4 is 5.73 Å². The van der Waals surface area contributed by atoms with E-state index in [1.807, 2.05) is 18.2 Å². The van der Waals surface area contributed by atoms with E-state index >= 15 is 0 Å². The van der Waals surface area contributed by atoms with E-state index < -0.39 is 0 Å². The largest absolute Gasteiger partial charge is 0.354 e. The standard InChI is InChI=1S/C15H14N2/c16-9-3-4-11-7-8-13-12-5-1-2-6-14(12)17-15(13)10-11/h1-8,10,17H,9,16H2. The number of hydrogen-bond donors (Lipinski definition) is 2. The molecule has 2 heteroatoms. The molecule has 3 N–H and O–H groups in total. The Morgan fingerprint density at radius 3 is 2.71 bits per heavy atom. The molecule has 0 saturated carbocycles. The summed E-state index contributed by atoms with van der Waals surface area (Å²) in [5, 5.41) is 2.54. The van der Waals surface area contributed by atoms with Crippen LogP contribution in [0, 0.1) is 0 Å². The molecule has 2 nitrogen and oxygen atoms in total. The van der Waals surface area contributed by atoms with Gasteiger partial charge in [-0.1, -0.05) is 42.5 Å². The summed E-state index contributed by atoms with van der Waals surface area (Å²) < 4.78 is 0. The molecule has 0 unspecified atom stereocenters. The Kier molecular flexibility index (Phi) is 2.42. The number of rotatable bonds is 2. The van der Waals surface area contributed by atoms with Crippen LogP contribution in [0.25, 0.3) is 27.9 Å². The molecule has 1 aromatic heterocycles. The van der Waals surface area contributed by atoms with Crippen molar-refractivity contribution < 1.29 is 0 Å². The van der Waals surface area contributed by atoms with Crippen molar-refractivity contribution in [3.8, 4) is 0 Å². The molecule has 0 saturated heterocycles. The molecule has 0 bridgehead atoms. The molecule has 1 heterocycles. The first-order valence-electron chi connectivity index (χ1n) is 5.75. The van der Waals surface area contributed by atoms with E-state index in [9.17, 15) is 0 Å². The average molecular weight is 222 g/mol. The van der Waals surface area contributed by atoms with Crippen LogP contribution in [0.4, 0.5) is 0 Å². The van der Waals surface area contributed by atoms with Crippen molar-refractivity contribution in [2.24, 2.45) is 5.73 Å². The van der Waals surface area contributed by atoms with Crippen molar-refractivity contribution in [2.45, 2.75) is 0 Å². The molecule has 0 spiro atoms. The predicted octanol–water partition coefficient (Wildman–Crippen LogP) is 3.29. The Morgan fingerprint density at radius 1 is 1.00 bits per heavy atom. The van der Waals surface area contributed by atoms with Crippen molar-refractivity contribution in [1.29, 1.82) is 0 Å². The lowest BCUT2D eigenvalue weighted by Gasteiger charge is -1.94. The highest BCUT2D eigenvalue weighted by atomic mass is 14.7. The van der Waals surface area contributed by atoms with Crippen molar-refractivity contribution in [1.82, 2.24) is 4.98 Å². The van der Waals surface area contributed by atoms with Crippen LogP contribution in [0.2, 0.25) is 0 Å². The number of benzene rings is 2. The molecule has 17 heavy (non-hydrogen) atoms. The SMILES string of the molecule is NCC=Cc1ccc2c(c1)[nH]c1ccccc12. The second-order valence-corrected chi connectivity index (χ2v) is 4.11. The summed E-state index contributed by atoms with van der Waals surface area (Å²) in [4.78, 5) is 3.43. The molecule has 2 aromatic carbocycles. The summed E-state index contributed by atoms with van der Waals surface area (Å²) in [6.07, 6.45) is 4.01. The smallest absolute Gasteiger partial charge is 0.0470 e. The molecule has 0 aliphatic heterocycles. The number of nitrogens with two attached hydrogens (primary N) is 1. The molecule has 0 aliphatic carbocycles. The third kappa shape index (κ3) is 1.73. The zero-order valence-electron chi connectivity index (χ0n) is 9.48. The summed E-state index contributed by atoms with van der Waals surface area (Å²) >= 11 is 0. The summed E-state index contributed by atoms with van der Waals surface area (Å²) in [6.45, 7) is 0.574. The molecule has 3 rings (SSSR count). The number of H-pyrrole nitrogens is 1. The Balaban J connectivity index is 2.23. The molecule has 84 valence electrons. The summed E-state index contributed by atoms with van der Waals surface area (Å²) in [6, 6.07) is 14.8. The molecular formula is C15H14N2. The number of aromatic amines is 1. The Bertz CT molecular complexity index is 692. The molecule has 0 aliphatic rings. The Labute approximate surface area is 99.7 Å². The van der Waals surface area contributed by atoms with E-state index in [1.54, 1.807) is 0 Å². The maximum absolute atomic E-state index is 5.46. The van der Waals surface area contributed by atoms with Gasteiger partial charge in [-0.25, -0.2) is 0 Å². The first-order chi connectivity index (χ1) is 8.38.